The molecule has 1 aliphatic carbocycles. The van der Waals surface area contributed by atoms with Crippen molar-refractivity contribution in [3.8, 4) is 0 Å². The molecule has 1 aromatic carbocycles. The second-order valence-electron chi connectivity index (χ2n) is 6.85. The van der Waals surface area contributed by atoms with Crippen LogP contribution in [0.15, 0.2) is 18.2 Å². The molecule has 1 aliphatic rings. The standard InChI is InChI=1S/C18H26Cl2N2O/c1-12-5-4-6-17(13(12)2)21-18(23)11-22(3)10-14-7-8-15(19)9-16(14)20/h7-9,12-13,17H,4-6,10-11H2,1-3H3,(H,21,23)/t12-,13+,17-/m0/s1. The topological polar surface area (TPSA) is 32.3 Å². The molecule has 1 saturated carbocycles. The zero-order valence-electron chi connectivity index (χ0n) is 14.1. The van der Waals surface area contributed by atoms with Crippen molar-refractivity contribution in [3.63, 3.8) is 0 Å². The monoisotopic (exact) mass is 356 g/mol. The number of benzene rings is 1. The molecule has 0 bridgehead atoms. The molecule has 0 saturated heterocycles. The number of amides is 1. The van der Waals surface area contributed by atoms with Crippen LogP contribution < -0.4 is 5.32 Å². The summed E-state index contributed by atoms with van der Waals surface area (Å²) in [5.41, 5.74) is 0.978. The molecule has 0 spiro atoms. The highest BCUT2D eigenvalue weighted by Gasteiger charge is 2.28. The summed E-state index contributed by atoms with van der Waals surface area (Å²) in [7, 11) is 1.93. The predicted octanol–water partition coefficient (Wildman–Crippen LogP) is 4.37. The fourth-order valence-corrected chi connectivity index (χ4v) is 3.75. The highest BCUT2D eigenvalue weighted by Crippen LogP contribution is 2.29. The zero-order valence-corrected chi connectivity index (χ0v) is 15.6. The molecule has 3 nitrogen and oxygen atoms in total. The first-order valence-corrected chi connectivity index (χ1v) is 9.04. The summed E-state index contributed by atoms with van der Waals surface area (Å²) in [6.07, 6.45) is 3.55. The van der Waals surface area contributed by atoms with Crippen molar-refractivity contribution in [1.29, 1.82) is 0 Å². The Morgan fingerprint density at radius 2 is 2.04 bits per heavy atom. The molecule has 5 heteroatoms. The Labute approximate surface area is 149 Å². The maximum absolute atomic E-state index is 12.3. The van der Waals surface area contributed by atoms with Gasteiger partial charge in [-0.1, -0.05) is 56.0 Å². The summed E-state index contributed by atoms with van der Waals surface area (Å²) >= 11 is 12.1. The number of carbonyl (C=O) groups is 1. The van der Waals surface area contributed by atoms with E-state index < -0.39 is 0 Å². The highest BCUT2D eigenvalue weighted by atomic mass is 35.5. The van der Waals surface area contributed by atoms with Crippen molar-refractivity contribution >= 4 is 29.1 Å². The molecule has 1 amide bonds. The van der Waals surface area contributed by atoms with Gasteiger partial charge in [-0.25, -0.2) is 0 Å². The van der Waals surface area contributed by atoms with Gasteiger partial charge in [0.2, 0.25) is 5.91 Å². The minimum absolute atomic E-state index is 0.0866. The molecular formula is C18H26Cl2N2O. The summed E-state index contributed by atoms with van der Waals surface area (Å²) in [6.45, 7) is 5.51. The van der Waals surface area contributed by atoms with E-state index in [1.54, 1.807) is 6.07 Å². The fourth-order valence-electron chi connectivity index (χ4n) is 3.28. The maximum Gasteiger partial charge on any atom is 0.234 e. The van der Waals surface area contributed by atoms with Crippen molar-refractivity contribution in [2.24, 2.45) is 11.8 Å². The van der Waals surface area contributed by atoms with E-state index in [-0.39, 0.29) is 5.91 Å². The van der Waals surface area contributed by atoms with Crippen LogP contribution >= 0.6 is 23.2 Å². The van der Waals surface area contributed by atoms with E-state index in [4.69, 9.17) is 23.2 Å². The third-order valence-corrected chi connectivity index (χ3v) is 5.51. The number of carbonyl (C=O) groups excluding carboxylic acids is 1. The Hall–Kier alpha value is -0.770. The van der Waals surface area contributed by atoms with Crippen molar-refractivity contribution in [3.05, 3.63) is 33.8 Å². The lowest BCUT2D eigenvalue weighted by molar-refractivity contribution is -0.123. The lowest BCUT2D eigenvalue weighted by Gasteiger charge is -2.35. The van der Waals surface area contributed by atoms with E-state index in [1.165, 1.54) is 12.8 Å². The molecule has 0 unspecified atom stereocenters. The van der Waals surface area contributed by atoms with Crippen LogP contribution in [0.1, 0.15) is 38.7 Å². The first kappa shape index (κ1) is 18.6. The Balaban J connectivity index is 1.84. The molecule has 128 valence electrons. The summed E-state index contributed by atoms with van der Waals surface area (Å²) in [6, 6.07) is 5.77. The van der Waals surface area contributed by atoms with Crippen LogP contribution in [0.4, 0.5) is 0 Å². The molecule has 0 aliphatic heterocycles. The normalized spacial score (nSPS) is 24.7. The lowest BCUT2D eigenvalue weighted by Crippen LogP contribution is -2.46. The first-order valence-electron chi connectivity index (χ1n) is 8.28. The van der Waals surface area contributed by atoms with Gasteiger partial charge >= 0.3 is 0 Å². The smallest absolute Gasteiger partial charge is 0.234 e. The molecule has 2 rings (SSSR count). The molecule has 0 radical (unpaired) electrons. The highest BCUT2D eigenvalue weighted by molar-refractivity contribution is 6.35. The van der Waals surface area contributed by atoms with Crippen LogP contribution in [-0.4, -0.2) is 30.4 Å². The Bertz CT molecular complexity index is 550. The van der Waals surface area contributed by atoms with E-state index >= 15 is 0 Å². The Kier molecular flexibility index (Phi) is 6.75. The average Bonchev–Trinajstić information content (AvgIpc) is 2.47. The van der Waals surface area contributed by atoms with Gasteiger partial charge in [0.25, 0.3) is 0 Å². The average molecular weight is 357 g/mol. The Morgan fingerprint density at radius 3 is 2.74 bits per heavy atom. The third kappa shape index (κ3) is 5.37. The Morgan fingerprint density at radius 1 is 1.30 bits per heavy atom. The number of halogens is 2. The van der Waals surface area contributed by atoms with Gasteiger partial charge in [0, 0.05) is 22.6 Å². The summed E-state index contributed by atoms with van der Waals surface area (Å²) in [5.74, 6) is 1.31. The SMILES string of the molecule is C[C@H]1[C@@H](NC(=O)CN(C)Cc2ccc(Cl)cc2Cl)CCC[C@@H]1C. The van der Waals surface area contributed by atoms with Gasteiger partial charge in [0.05, 0.1) is 6.54 Å². The van der Waals surface area contributed by atoms with Gasteiger partial charge in [-0.3, -0.25) is 9.69 Å². The molecule has 0 aromatic heterocycles. The molecule has 1 fully saturated rings. The molecule has 23 heavy (non-hydrogen) atoms. The number of nitrogens with zero attached hydrogens (tertiary/aromatic N) is 1. The van der Waals surface area contributed by atoms with E-state index in [9.17, 15) is 4.79 Å². The van der Waals surface area contributed by atoms with Crippen molar-refractivity contribution < 1.29 is 4.79 Å². The molecule has 3 atom stereocenters. The van der Waals surface area contributed by atoms with E-state index in [0.717, 1.165) is 12.0 Å². The van der Waals surface area contributed by atoms with E-state index in [2.05, 4.69) is 19.2 Å². The summed E-state index contributed by atoms with van der Waals surface area (Å²) < 4.78 is 0. The minimum atomic E-state index is 0.0866. The number of hydrogen-bond acceptors (Lipinski definition) is 2. The number of rotatable bonds is 5. The largest absolute Gasteiger partial charge is 0.352 e. The van der Waals surface area contributed by atoms with Crippen LogP contribution in [0.3, 0.4) is 0 Å². The van der Waals surface area contributed by atoms with E-state index in [1.807, 2.05) is 24.1 Å². The molecule has 1 N–H and O–H groups in total. The lowest BCUT2D eigenvalue weighted by atomic mass is 9.78. The fraction of sp³-hybridized carbons (Fsp3) is 0.611. The number of hydrogen-bond donors (Lipinski definition) is 1. The molecular weight excluding hydrogens is 331 g/mol. The number of nitrogens with one attached hydrogen (secondary N) is 1. The van der Waals surface area contributed by atoms with Crippen molar-refractivity contribution in [1.82, 2.24) is 10.2 Å². The third-order valence-electron chi connectivity index (χ3n) is 4.92. The van der Waals surface area contributed by atoms with Gasteiger partial charge in [0.15, 0.2) is 0 Å². The van der Waals surface area contributed by atoms with Crippen LogP contribution in [-0.2, 0) is 11.3 Å². The number of likely N-dealkylation sites (N-methyl/N-ethyl adjacent to an activating group) is 1. The predicted molar refractivity (Wildman–Crippen MR) is 96.9 cm³/mol. The molecule has 0 heterocycles. The van der Waals surface area contributed by atoms with Crippen LogP contribution in [0, 0.1) is 11.8 Å². The van der Waals surface area contributed by atoms with Crippen LogP contribution in [0.2, 0.25) is 10.0 Å². The van der Waals surface area contributed by atoms with Gasteiger partial charge < -0.3 is 5.32 Å². The van der Waals surface area contributed by atoms with Crippen LogP contribution in [0.5, 0.6) is 0 Å². The van der Waals surface area contributed by atoms with Crippen molar-refractivity contribution in [2.75, 3.05) is 13.6 Å². The maximum atomic E-state index is 12.3. The molecule has 1 aromatic rings. The minimum Gasteiger partial charge on any atom is -0.352 e. The quantitative estimate of drug-likeness (QED) is 0.849. The van der Waals surface area contributed by atoms with Gasteiger partial charge in [0.1, 0.15) is 0 Å². The van der Waals surface area contributed by atoms with Gasteiger partial charge in [-0.2, -0.15) is 0 Å². The second-order valence-corrected chi connectivity index (χ2v) is 7.69. The summed E-state index contributed by atoms with van der Waals surface area (Å²) in [4.78, 5) is 14.3. The second kappa shape index (κ2) is 8.36. The van der Waals surface area contributed by atoms with Gasteiger partial charge in [-0.05, 0) is 43.0 Å². The zero-order chi connectivity index (χ0) is 17.0. The van der Waals surface area contributed by atoms with Crippen LogP contribution in [0.25, 0.3) is 0 Å². The van der Waals surface area contributed by atoms with Gasteiger partial charge in [-0.15, -0.1) is 0 Å². The summed E-state index contributed by atoms with van der Waals surface area (Å²) in [5, 5.41) is 4.47. The first-order chi connectivity index (χ1) is 10.9. The van der Waals surface area contributed by atoms with E-state index in [0.29, 0.717) is 41.0 Å². The van der Waals surface area contributed by atoms with Crippen molar-refractivity contribution in [2.45, 2.75) is 45.7 Å².